The van der Waals surface area contributed by atoms with Gasteiger partial charge in [-0.15, -0.1) is 0 Å². The normalized spacial score (nSPS) is 21.2. The first-order chi connectivity index (χ1) is 5.70. The van der Waals surface area contributed by atoms with Gasteiger partial charge in [-0.25, -0.2) is 0 Å². The van der Waals surface area contributed by atoms with E-state index in [0.29, 0.717) is 18.1 Å². The molecule has 62 valence electrons. The first-order valence-corrected chi connectivity index (χ1v) is 4.33. The molecule has 1 aromatic carbocycles. The van der Waals surface area contributed by atoms with Gasteiger partial charge in [0.1, 0.15) is 0 Å². The Morgan fingerprint density at radius 2 is 2.17 bits per heavy atom. The quantitative estimate of drug-likeness (QED) is 0.570. The van der Waals surface area contributed by atoms with Crippen molar-refractivity contribution >= 4 is 5.78 Å². The predicted octanol–water partition coefficient (Wildman–Crippen LogP) is 2.68. The van der Waals surface area contributed by atoms with Gasteiger partial charge >= 0.3 is 0 Å². The highest BCUT2D eigenvalue weighted by Gasteiger charge is 2.26. The van der Waals surface area contributed by atoms with Crippen LogP contribution in [0.2, 0.25) is 0 Å². The minimum absolute atomic E-state index is 0.315. The summed E-state index contributed by atoms with van der Waals surface area (Å²) < 4.78 is 0. The number of hydrogen-bond acceptors (Lipinski definition) is 1. The molecule has 1 aliphatic rings. The third-order valence-corrected chi connectivity index (χ3v) is 2.61. The third kappa shape index (κ3) is 0.893. The van der Waals surface area contributed by atoms with Crippen LogP contribution in [0.1, 0.15) is 40.7 Å². The number of benzene rings is 1. The summed E-state index contributed by atoms with van der Waals surface area (Å²) >= 11 is 0. The molecule has 0 N–H and O–H groups in total. The number of aryl methyl sites for hydroxylation is 1. The number of hydrogen-bond donors (Lipinski definition) is 0. The average Bonchev–Trinajstić information content (AvgIpc) is 2.29. The highest BCUT2D eigenvalue weighted by molar-refractivity contribution is 6.02. The van der Waals surface area contributed by atoms with Crippen LogP contribution in [0.4, 0.5) is 0 Å². The summed E-state index contributed by atoms with van der Waals surface area (Å²) in [6.45, 7) is 4.12. The molecule has 1 heteroatoms. The molecule has 0 heterocycles. The largest absolute Gasteiger partial charge is 0.294 e. The fourth-order valence-corrected chi connectivity index (χ4v) is 1.97. The maximum Gasteiger partial charge on any atom is 0.164 e. The Kier molecular flexibility index (Phi) is 1.53. The second-order valence-corrected chi connectivity index (χ2v) is 3.57. The van der Waals surface area contributed by atoms with Crippen molar-refractivity contribution in [1.29, 1.82) is 0 Å². The molecule has 12 heavy (non-hydrogen) atoms. The van der Waals surface area contributed by atoms with E-state index in [2.05, 4.69) is 13.0 Å². The zero-order valence-corrected chi connectivity index (χ0v) is 7.42. The van der Waals surface area contributed by atoms with Crippen LogP contribution in [0.5, 0.6) is 0 Å². The zero-order chi connectivity index (χ0) is 8.72. The van der Waals surface area contributed by atoms with E-state index < -0.39 is 0 Å². The number of Topliss-reactive ketones (excluding diaryl/α,β-unsaturated/α-hetero) is 1. The summed E-state index contributed by atoms with van der Waals surface area (Å²) in [6.07, 6.45) is 0.695. The van der Waals surface area contributed by atoms with E-state index in [1.807, 2.05) is 19.1 Å². The molecule has 0 saturated heterocycles. The lowest BCUT2D eigenvalue weighted by Crippen LogP contribution is -1.94. The Morgan fingerprint density at radius 3 is 2.83 bits per heavy atom. The lowest BCUT2D eigenvalue weighted by Gasteiger charge is -2.03. The number of ketones is 1. The van der Waals surface area contributed by atoms with Gasteiger partial charge in [0.2, 0.25) is 0 Å². The Morgan fingerprint density at radius 1 is 1.42 bits per heavy atom. The molecule has 1 unspecified atom stereocenters. The Hall–Kier alpha value is -1.11. The second kappa shape index (κ2) is 2.44. The lowest BCUT2D eigenvalue weighted by atomic mass is 10.0. The molecule has 0 aromatic heterocycles. The molecular formula is C11H12O. The van der Waals surface area contributed by atoms with Gasteiger partial charge in [-0.1, -0.05) is 25.1 Å². The van der Waals surface area contributed by atoms with Crippen LogP contribution in [-0.4, -0.2) is 5.78 Å². The molecule has 0 bridgehead atoms. The molecule has 0 saturated carbocycles. The first-order valence-electron chi connectivity index (χ1n) is 4.33. The predicted molar refractivity (Wildman–Crippen MR) is 48.5 cm³/mol. The smallest absolute Gasteiger partial charge is 0.164 e. The van der Waals surface area contributed by atoms with Crippen LogP contribution in [0, 0.1) is 6.92 Å². The topological polar surface area (TPSA) is 17.1 Å². The SMILES string of the molecule is Cc1cccc2c1C(=O)CC2C. The summed E-state index contributed by atoms with van der Waals surface area (Å²) in [4.78, 5) is 11.5. The van der Waals surface area contributed by atoms with Gasteiger partial charge < -0.3 is 0 Å². The molecule has 0 radical (unpaired) electrons. The monoisotopic (exact) mass is 160 g/mol. The lowest BCUT2D eigenvalue weighted by molar-refractivity contribution is 0.0989. The van der Waals surface area contributed by atoms with Crippen LogP contribution >= 0.6 is 0 Å². The van der Waals surface area contributed by atoms with E-state index >= 15 is 0 Å². The summed E-state index contributed by atoms with van der Waals surface area (Å²) in [5, 5.41) is 0. The van der Waals surface area contributed by atoms with E-state index in [-0.39, 0.29) is 0 Å². The van der Waals surface area contributed by atoms with Gasteiger partial charge in [-0.3, -0.25) is 4.79 Å². The Bertz CT molecular complexity index is 339. The van der Waals surface area contributed by atoms with E-state index in [0.717, 1.165) is 11.1 Å². The Labute approximate surface area is 72.4 Å². The molecular weight excluding hydrogens is 148 g/mol. The molecule has 0 fully saturated rings. The first kappa shape index (κ1) is 7.53. The molecule has 1 nitrogen and oxygen atoms in total. The zero-order valence-electron chi connectivity index (χ0n) is 7.42. The second-order valence-electron chi connectivity index (χ2n) is 3.57. The van der Waals surface area contributed by atoms with Gasteiger partial charge in [0.15, 0.2) is 5.78 Å². The van der Waals surface area contributed by atoms with Gasteiger partial charge in [0.05, 0.1) is 0 Å². The van der Waals surface area contributed by atoms with E-state index in [4.69, 9.17) is 0 Å². The van der Waals surface area contributed by atoms with Crippen LogP contribution in [0.3, 0.4) is 0 Å². The van der Waals surface area contributed by atoms with Crippen molar-refractivity contribution < 1.29 is 4.79 Å². The van der Waals surface area contributed by atoms with Crippen LogP contribution in [0.25, 0.3) is 0 Å². The van der Waals surface area contributed by atoms with Crippen LogP contribution in [-0.2, 0) is 0 Å². The fourth-order valence-electron chi connectivity index (χ4n) is 1.97. The molecule has 1 aliphatic carbocycles. The maximum atomic E-state index is 11.5. The summed E-state index contributed by atoms with van der Waals surface area (Å²) in [6, 6.07) is 6.11. The summed E-state index contributed by atoms with van der Waals surface area (Å²) in [5.74, 6) is 0.739. The van der Waals surface area contributed by atoms with E-state index in [1.165, 1.54) is 5.56 Å². The van der Waals surface area contributed by atoms with Gasteiger partial charge in [-0.2, -0.15) is 0 Å². The fraction of sp³-hybridized carbons (Fsp3) is 0.364. The van der Waals surface area contributed by atoms with E-state index in [9.17, 15) is 4.79 Å². The van der Waals surface area contributed by atoms with Crippen molar-refractivity contribution in [3.63, 3.8) is 0 Å². The molecule has 0 aliphatic heterocycles. The molecule has 0 amide bonds. The third-order valence-electron chi connectivity index (χ3n) is 2.61. The highest BCUT2D eigenvalue weighted by Crippen LogP contribution is 2.33. The van der Waals surface area contributed by atoms with Crippen molar-refractivity contribution in [3.05, 3.63) is 34.9 Å². The van der Waals surface area contributed by atoms with Crippen molar-refractivity contribution in [2.24, 2.45) is 0 Å². The van der Waals surface area contributed by atoms with Crippen molar-refractivity contribution in [2.75, 3.05) is 0 Å². The molecule has 0 spiro atoms. The van der Waals surface area contributed by atoms with Crippen molar-refractivity contribution in [2.45, 2.75) is 26.2 Å². The average molecular weight is 160 g/mol. The minimum atomic E-state index is 0.315. The van der Waals surface area contributed by atoms with Crippen LogP contribution < -0.4 is 0 Å². The van der Waals surface area contributed by atoms with Gasteiger partial charge in [0.25, 0.3) is 0 Å². The van der Waals surface area contributed by atoms with Crippen molar-refractivity contribution in [3.8, 4) is 0 Å². The van der Waals surface area contributed by atoms with Crippen molar-refractivity contribution in [1.82, 2.24) is 0 Å². The summed E-state index contributed by atoms with van der Waals surface area (Å²) in [5.41, 5.74) is 3.34. The highest BCUT2D eigenvalue weighted by atomic mass is 16.1. The van der Waals surface area contributed by atoms with E-state index in [1.54, 1.807) is 0 Å². The van der Waals surface area contributed by atoms with Gasteiger partial charge in [0, 0.05) is 12.0 Å². The number of carbonyl (C=O) groups excluding carboxylic acids is 1. The Balaban J connectivity index is 2.67. The molecule has 1 aromatic rings. The number of carbonyl (C=O) groups is 1. The summed E-state index contributed by atoms with van der Waals surface area (Å²) in [7, 11) is 0. The molecule has 1 atom stereocenters. The van der Waals surface area contributed by atoms with Crippen LogP contribution in [0.15, 0.2) is 18.2 Å². The molecule has 2 rings (SSSR count). The maximum absolute atomic E-state index is 11.5. The standard InChI is InChI=1S/C11H12O/c1-7-4-3-5-9-8(2)6-10(12)11(7)9/h3-5,8H,6H2,1-2H3. The minimum Gasteiger partial charge on any atom is -0.294 e. The van der Waals surface area contributed by atoms with Gasteiger partial charge in [-0.05, 0) is 24.0 Å². The number of fused-ring (bicyclic) bond motifs is 1. The number of rotatable bonds is 0.